The van der Waals surface area contributed by atoms with Crippen LogP contribution in [0.5, 0.6) is 11.5 Å². The lowest BCUT2D eigenvalue weighted by Gasteiger charge is -2.17. The molecule has 2 atom stereocenters. The van der Waals surface area contributed by atoms with Gasteiger partial charge < -0.3 is 20.5 Å². The number of amides is 1. The molecule has 1 aromatic rings. The van der Waals surface area contributed by atoms with E-state index in [9.17, 15) is 4.79 Å². The minimum atomic E-state index is -0.141. The van der Waals surface area contributed by atoms with Crippen molar-refractivity contribution in [2.75, 3.05) is 14.2 Å². The molecule has 1 rings (SSSR count). The second-order valence-corrected chi connectivity index (χ2v) is 4.59. The van der Waals surface area contributed by atoms with Gasteiger partial charge in [-0.2, -0.15) is 0 Å². The summed E-state index contributed by atoms with van der Waals surface area (Å²) < 4.78 is 10.4. The highest BCUT2D eigenvalue weighted by Crippen LogP contribution is 2.29. The van der Waals surface area contributed by atoms with Gasteiger partial charge in [-0.25, -0.2) is 0 Å². The van der Waals surface area contributed by atoms with E-state index < -0.39 is 0 Å². The van der Waals surface area contributed by atoms with Crippen molar-refractivity contribution >= 4 is 18.3 Å². The molecular formula is C14H23ClN2O3. The Labute approximate surface area is 126 Å². The van der Waals surface area contributed by atoms with Gasteiger partial charge in [0.25, 0.3) is 0 Å². The van der Waals surface area contributed by atoms with Crippen LogP contribution < -0.4 is 20.5 Å². The second kappa shape index (κ2) is 8.66. The van der Waals surface area contributed by atoms with Crippen LogP contribution in [0.25, 0.3) is 0 Å². The van der Waals surface area contributed by atoms with Gasteiger partial charge in [-0.05, 0) is 31.5 Å². The number of benzene rings is 1. The standard InChI is InChI=1S/C14H22N2O3.ClH/c1-9(15)7-14(17)16-10(2)11-5-6-12(18-3)13(8-11)19-4;/h5-6,8-10H,7,15H2,1-4H3,(H,16,17);1H. The Morgan fingerprint density at radius 2 is 1.85 bits per heavy atom. The number of methoxy groups -OCH3 is 2. The van der Waals surface area contributed by atoms with Crippen LogP contribution in [0.3, 0.4) is 0 Å². The third kappa shape index (κ3) is 5.27. The van der Waals surface area contributed by atoms with Gasteiger partial charge in [-0.3, -0.25) is 4.79 Å². The van der Waals surface area contributed by atoms with Crippen LogP contribution in [-0.2, 0) is 4.79 Å². The van der Waals surface area contributed by atoms with Crippen LogP contribution in [-0.4, -0.2) is 26.2 Å². The third-order valence-electron chi connectivity index (χ3n) is 2.79. The topological polar surface area (TPSA) is 73.6 Å². The van der Waals surface area contributed by atoms with E-state index in [0.29, 0.717) is 17.9 Å². The van der Waals surface area contributed by atoms with E-state index in [4.69, 9.17) is 15.2 Å². The van der Waals surface area contributed by atoms with E-state index in [1.165, 1.54) is 0 Å². The molecule has 20 heavy (non-hydrogen) atoms. The SMILES string of the molecule is COc1ccc(C(C)NC(=O)CC(C)N)cc1OC.Cl. The summed E-state index contributed by atoms with van der Waals surface area (Å²) in [4.78, 5) is 11.7. The number of hydrogen-bond acceptors (Lipinski definition) is 4. The normalized spacial score (nSPS) is 12.8. The van der Waals surface area contributed by atoms with Crippen molar-refractivity contribution in [2.24, 2.45) is 5.73 Å². The number of nitrogens with one attached hydrogen (secondary N) is 1. The van der Waals surface area contributed by atoms with Gasteiger partial charge in [0.2, 0.25) is 5.91 Å². The van der Waals surface area contributed by atoms with Gasteiger partial charge in [0, 0.05) is 12.5 Å². The Balaban J connectivity index is 0.00000361. The third-order valence-corrected chi connectivity index (χ3v) is 2.79. The number of ether oxygens (including phenoxy) is 2. The van der Waals surface area contributed by atoms with Crippen molar-refractivity contribution in [3.63, 3.8) is 0 Å². The van der Waals surface area contributed by atoms with E-state index in [0.717, 1.165) is 5.56 Å². The molecule has 0 spiro atoms. The van der Waals surface area contributed by atoms with Crippen LogP contribution in [0.2, 0.25) is 0 Å². The fraction of sp³-hybridized carbons (Fsp3) is 0.500. The first-order chi connectivity index (χ1) is 8.97. The zero-order valence-electron chi connectivity index (χ0n) is 12.3. The fourth-order valence-electron chi connectivity index (χ4n) is 1.80. The summed E-state index contributed by atoms with van der Waals surface area (Å²) >= 11 is 0. The lowest BCUT2D eigenvalue weighted by atomic mass is 10.1. The second-order valence-electron chi connectivity index (χ2n) is 4.59. The molecule has 0 radical (unpaired) electrons. The van der Waals surface area contributed by atoms with Crippen LogP contribution in [0.4, 0.5) is 0 Å². The predicted molar refractivity (Wildman–Crippen MR) is 81.6 cm³/mol. The molecule has 3 N–H and O–H groups in total. The first kappa shape index (κ1) is 18.5. The zero-order chi connectivity index (χ0) is 14.4. The lowest BCUT2D eigenvalue weighted by Crippen LogP contribution is -2.31. The van der Waals surface area contributed by atoms with Crippen molar-refractivity contribution in [3.8, 4) is 11.5 Å². The summed E-state index contributed by atoms with van der Waals surface area (Å²) in [5.41, 5.74) is 6.55. The van der Waals surface area contributed by atoms with E-state index in [1.54, 1.807) is 21.1 Å². The average Bonchev–Trinajstić information content (AvgIpc) is 2.36. The van der Waals surface area contributed by atoms with Crippen LogP contribution in [0.15, 0.2) is 18.2 Å². The van der Waals surface area contributed by atoms with Gasteiger partial charge in [0.1, 0.15) is 0 Å². The molecule has 1 aromatic carbocycles. The maximum Gasteiger partial charge on any atom is 0.222 e. The minimum absolute atomic E-state index is 0. The van der Waals surface area contributed by atoms with E-state index in [-0.39, 0.29) is 30.4 Å². The monoisotopic (exact) mass is 302 g/mol. The lowest BCUT2D eigenvalue weighted by molar-refractivity contribution is -0.122. The number of carbonyl (C=O) groups excluding carboxylic acids is 1. The molecule has 1 amide bonds. The van der Waals surface area contributed by atoms with Crippen molar-refractivity contribution < 1.29 is 14.3 Å². The molecule has 0 aliphatic heterocycles. The van der Waals surface area contributed by atoms with Crippen LogP contribution in [0.1, 0.15) is 31.9 Å². The molecule has 0 heterocycles. The zero-order valence-corrected chi connectivity index (χ0v) is 13.1. The Kier molecular flexibility index (Phi) is 8.03. The molecule has 0 fully saturated rings. The number of carbonyl (C=O) groups is 1. The summed E-state index contributed by atoms with van der Waals surface area (Å²) in [5, 5.41) is 2.90. The molecule has 0 aliphatic rings. The Morgan fingerprint density at radius 3 is 2.35 bits per heavy atom. The Morgan fingerprint density at radius 1 is 1.25 bits per heavy atom. The Bertz CT molecular complexity index is 438. The van der Waals surface area contributed by atoms with Crippen molar-refractivity contribution in [1.29, 1.82) is 0 Å². The smallest absolute Gasteiger partial charge is 0.222 e. The van der Waals surface area contributed by atoms with Crippen LogP contribution >= 0.6 is 12.4 Å². The highest BCUT2D eigenvalue weighted by Gasteiger charge is 2.13. The molecule has 0 saturated carbocycles. The molecule has 5 nitrogen and oxygen atoms in total. The molecular weight excluding hydrogens is 280 g/mol. The first-order valence-electron chi connectivity index (χ1n) is 6.24. The van der Waals surface area contributed by atoms with E-state index in [1.807, 2.05) is 25.1 Å². The van der Waals surface area contributed by atoms with E-state index in [2.05, 4.69) is 5.32 Å². The largest absolute Gasteiger partial charge is 0.493 e. The first-order valence-corrected chi connectivity index (χ1v) is 6.24. The molecule has 0 saturated heterocycles. The van der Waals surface area contributed by atoms with Gasteiger partial charge in [0.05, 0.1) is 20.3 Å². The van der Waals surface area contributed by atoms with Crippen LogP contribution in [0, 0.1) is 0 Å². The summed E-state index contributed by atoms with van der Waals surface area (Å²) in [6.45, 7) is 3.72. The van der Waals surface area contributed by atoms with Gasteiger partial charge in [-0.15, -0.1) is 12.4 Å². The number of rotatable bonds is 6. The summed E-state index contributed by atoms with van der Waals surface area (Å²) in [5.74, 6) is 1.26. The number of halogens is 1. The number of hydrogen-bond donors (Lipinski definition) is 2. The summed E-state index contributed by atoms with van der Waals surface area (Å²) in [7, 11) is 3.17. The molecule has 0 aromatic heterocycles. The van der Waals surface area contributed by atoms with Crippen molar-refractivity contribution in [3.05, 3.63) is 23.8 Å². The fourth-order valence-corrected chi connectivity index (χ4v) is 1.80. The maximum atomic E-state index is 11.7. The summed E-state index contributed by atoms with van der Waals surface area (Å²) in [6, 6.07) is 5.33. The minimum Gasteiger partial charge on any atom is -0.493 e. The maximum absolute atomic E-state index is 11.7. The van der Waals surface area contributed by atoms with Crippen molar-refractivity contribution in [2.45, 2.75) is 32.4 Å². The molecule has 6 heteroatoms. The van der Waals surface area contributed by atoms with E-state index >= 15 is 0 Å². The van der Waals surface area contributed by atoms with Crippen molar-refractivity contribution in [1.82, 2.24) is 5.32 Å². The average molecular weight is 303 g/mol. The highest BCUT2D eigenvalue weighted by molar-refractivity contribution is 5.85. The Hall–Kier alpha value is -1.46. The quantitative estimate of drug-likeness (QED) is 0.843. The van der Waals surface area contributed by atoms with Gasteiger partial charge in [0.15, 0.2) is 11.5 Å². The van der Waals surface area contributed by atoms with Gasteiger partial charge in [-0.1, -0.05) is 6.07 Å². The number of nitrogens with two attached hydrogens (primary N) is 1. The molecule has 0 aliphatic carbocycles. The summed E-state index contributed by atoms with van der Waals surface area (Å²) in [6.07, 6.45) is 0.317. The predicted octanol–water partition coefficient (Wildman–Crippen LogP) is 2.04. The molecule has 2 unspecified atom stereocenters. The molecule has 0 bridgehead atoms. The molecule has 114 valence electrons. The highest BCUT2D eigenvalue weighted by atomic mass is 35.5. The van der Waals surface area contributed by atoms with Gasteiger partial charge >= 0.3 is 0 Å².